The maximum Gasteiger partial charge on any atom is 0.261 e. The van der Waals surface area contributed by atoms with E-state index in [1.165, 1.54) is 0 Å². The van der Waals surface area contributed by atoms with Crippen LogP contribution in [0.15, 0.2) is 53.4 Å². The van der Waals surface area contributed by atoms with Crippen molar-refractivity contribution in [2.24, 2.45) is 0 Å². The average molecular weight is 389 g/mol. The van der Waals surface area contributed by atoms with Gasteiger partial charge in [-0.05, 0) is 62.1 Å². The molecule has 0 fully saturated rings. The van der Waals surface area contributed by atoms with Crippen molar-refractivity contribution in [1.82, 2.24) is 4.90 Å². The molecule has 2 aromatic rings. The Morgan fingerprint density at radius 3 is 2.22 bits per heavy atom. The van der Waals surface area contributed by atoms with E-state index in [0.717, 1.165) is 12.0 Å². The molecule has 2 aromatic carbocycles. The molecule has 0 radical (unpaired) electrons. The SMILES string of the molecule is CC[C@@H](C)c1ccc(S(=O)(=O)Nc2cccc(C(=O)N(CC)CC)c2)cc1. The Labute approximate surface area is 162 Å². The van der Waals surface area contributed by atoms with Gasteiger partial charge in [-0.2, -0.15) is 0 Å². The molecule has 0 unspecified atom stereocenters. The van der Waals surface area contributed by atoms with Crippen molar-refractivity contribution in [2.75, 3.05) is 17.8 Å². The smallest absolute Gasteiger partial charge is 0.261 e. The van der Waals surface area contributed by atoms with Crippen molar-refractivity contribution in [1.29, 1.82) is 0 Å². The molecule has 1 atom stereocenters. The van der Waals surface area contributed by atoms with Crippen LogP contribution in [0.4, 0.5) is 5.69 Å². The van der Waals surface area contributed by atoms with Gasteiger partial charge in [0.1, 0.15) is 0 Å². The van der Waals surface area contributed by atoms with Crippen LogP contribution in [0.25, 0.3) is 0 Å². The van der Waals surface area contributed by atoms with E-state index in [4.69, 9.17) is 0 Å². The van der Waals surface area contributed by atoms with Gasteiger partial charge < -0.3 is 4.90 Å². The molecule has 2 rings (SSSR count). The van der Waals surface area contributed by atoms with E-state index in [9.17, 15) is 13.2 Å². The highest BCUT2D eigenvalue weighted by Crippen LogP contribution is 2.22. The molecular weight excluding hydrogens is 360 g/mol. The molecule has 1 amide bonds. The highest BCUT2D eigenvalue weighted by Gasteiger charge is 2.17. The maximum atomic E-state index is 12.7. The summed E-state index contributed by atoms with van der Waals surface area (Å²) in [6, 6.07) is 13.5. The molecule has 1 N–H and O–H groups in total. The monoisotopic (exact) mass is 388 g/mol. The quantitative estimate of drug-likeness (QED) is 0.725. The second-order valence-electron chi connectivity index (χ2n) is 6.54. The van der Waals surface area contributed by atoms with Gasteiger partial charge in [-0.15, -0.1) is 0 Å². The zero-order valence-electron chi connectivity index (χ0n) is 16.4. The molecule has 27 heavy (non-hydrogen) atoms. The minimum atomic E-state index is -3.71. The van der Waals surface area contributed by atoms with Crippen LogP contribution in [0.2, 0.25) is 0 Å². The van der Waals surface area contributed by atoms with Crippen LogP contribution in [-0.4, -0.2) is 32.3 Å². The van der Waals surface area contributed by atoms with Gasteiger partial charge in [0.2, 0.25) is 0 Å². The Kier molecular flexibility index (Phi) is 7.02. The minimum absolute atomic E-state index is 0.112. The summed E-state index contributed by atoms with van der Waals surface area (Å²) in [5, 5.41) is 0. The van der Waals surface area contributed by atoms with Crippen LogP contribution < -0.4 is 4.72 Å². The van der Waals surface area contributed by atoms with Gasteiger partial charge in [-0.1, -0.05) is 32.0 Å². The number of hydrogen-bond donors (Lipinski definition) is 1. The Hall–Kier alpha value is -2.34. The van der Waals surface area contributed by atoms with Crippen LogP contribution in [0.1, 0.15) is 56.0 Å². The summed E-state index contributed by atoms with van der Waals surface area (Å²) in [4.78, 5) is 14.4. The number of sulfonamides is 1. The van der Waals surface area contributed by atoms with Crippen molar-refractivity contribution in [2.45, 2.75) is 44.9 Å². The summed E-state index contributed by atoms with van der Waals surface area (Å²) >= 11 is 0. The van der Waals surface area contributed by atoms with E-state index in [-0.39, 0.29) is 10.8 Å². The van der Waals surface area contributed by atoms with Gasteiger partial charge in [0.05, 0.1) is 4.90 Å². The van der Waals surface area contributed by atoms with Crippen molar-refractivity contribution < 1.29 is 13.2 Å². The summed E-state index contributed by atoms with van der Waals surface area (Å²) in [6.07, 6.45) is 0.998. The molecule has 0 saturated heterocycles. The minimum Gasteiger partial charge on any atom is -0.339 e. The predicted molar refractivity (Wildman–Crippen MR) is 110 cm³/mol. The van der Waals surface area contributed by atoms with E-state index >= 15 is 0 Å². The Balaban J connectivity index is 2.23. The first kappa shape index (κ1) is 21.0. The number of carbonyl (C=O) groups is 1. The summed E-state index contributed by atoms with van der Waals surface area (Å²) in [5.74, 6) is 0.274. The maximum absolute atomic E-state index is 12.7. The lowest BCUT2D eigenvalue weighted by atomic mass is 9.99. The first-order valence-electron chi connectivity index (χ1n) is 9.34. The van der Waals surface area contributed by atoms with Crippen LogP contribution in [-0.2, 0) is 10.0 Å². The van der Waals surface area contributed by atoms with E-state index in [1.807, 2.05) is 26.0 Å². The van der Waals surface area contributed by atoms with Gasteiger partial charge in [0.25, 0.3) is 15.9 Å². The van der Waals surface area contributed by atoms with E-state index in [0.29, 0.717) is 30.3 Å². The second kappa shape index (κ2) is 9.04. The molecular formula is C21H28N2O3S. The summed E-state index contributed by atoms with van der Waals surface area (Å²) < 4.78 is 27.9. The van der Waals surface area contributed by atoms with E-state index in [2.05, 4.69) is 18.6 Å². The third-order valence-electron chi connectivity index (χ3n) is 4.78. The first-order valence-corrected chi connectivity index (χ1v) is 10.8. The summed E-state index contributed by atoms with van der Waals surface area (Å²) in [5.41, 5.74) is 1.95. The van der Waals surface area contributed by atoms with Crippen molar-refractivity contribution in [3.8, 4) is 0 Å². The number of nitrogens with zero attached hydrogens (tertiary/aromatic N) is 1. The summed E-state index contributed by atoms with van der Waals surface area (Å²) in [6.45, 7) is 9.25. The second-order valence-corrected chi connectivity index (χ2v) is 8.22. The lowest BCUT2D eigenvalue weighted by Gasteiger charge is -2.19. The molecule has 0 saturated carbocycles. The van der Waals surface area contributed by atoms with Crippen LogP contribution in [0.3, 0.4) is 0 Å². The number of amides is 1. The normalized spacial score (nSPS) is 12.4. The van der Waals surface area contributed by atoms with Crippen molar-refractivity contribution in [3.63, 3.8) is 0 Å². The Morgan fingerprint density at radius 2 is 1.67 bits per heavy atom. The molecule has 0 aliphatic carbocycles. The predicted octanol–water partition coefficient (Wildman–Crippen LogP) is 4.48. The van der Waals surface area contributed by atoms with Gasteiger partial charge in [-0.25, -0.2) is 8.42 Å². The number of benzene rings is 2. The van der Waals surface area contributed by atoms with Crippen LogP contribution in [0, 0.1) is 0 Å². The largest absolute Gasteiger partial charge is 0.339 e. The highest BCUT2D eigenvalue weighted by atomic mass is 32.2. The molecule has 0 aromatic heterocycles. The number of carbonyl (C=O) groups excluding carboxylic acids is 1. The van der Waals surface area contributed by atoms with Crippen molar-refractivity contribution >= 4 is 21.6 Å². The average Bonchev–Trinajstić information content (AvgIpc) is 2.68. The molecule has 5 nitrogen and oxygen atoms in total. The van der Waals surface area contributed by atoms with Crippen LogP contribution >= 0.6 is 0 Å². The molecule has 0 aliphatic rings. The molecule has 6 heteroatoms. The van der Waals surface area contributed by atoms with E-state index < -0.39 is 10.0 Å². The molecule has 0 spiro atoms. The molecule has 0 heterocycles. The fraction of sp³-hybridized carbons (Fsp3) is 0.381. The standard InChI is InChI=1S/C21H28N2O3S/c1-5-16(4)17-11-13-20(14-12-17)27(25,26)22-19-10-8-9-18(15-19)21(24)23(6-2)7-3/h8-16,22H,5-7H2,1-4H3/t16-/m1/s1. The molecule has 0 aliphatic heterocycles. The molecule has 0 bridgehead atoms. The first-order chi connectivity index (χ1) is 12.8. The Morgan fingerprint density at radius 1 is 1.04 bits per heavy atom. The lowest BCUT2D eigenvalue weighted by Crippen LogP contribution is -2.30. The van der Waals surface area contributed by atoms with Gasteiger partial charge in [0.15, 0.2) is 0 Å². The van der Waals surface area contributed by atoms with Gasteiger partial charge in [-0.3, -0.25) is 9.52 Å². The van der Waals surface area contributed by atoms with Crippen molar-refractivity contribution in [3.05, 3.63) is 59.7 Å². The number of anilines is 1. The van der Waals surface area contributed by atoms with Gasteiger partial charge >= 0.3 is 0 Å². The fourth-order valence-corrected chi connectivity index (χ4v) is 3.88. The lowest BCUT2D eigenvalue weighted by molar-refractivity contribution is 0.0773. The van der Waals surface area contributed by atoms with E-state index in [1.54, 1.807) is 41.3 Å². The summed E-state index contributed by atoms with van der Waals surface area (Å²) in [7, 11) is -3.71. The third kappa shape index (κ3) is 5.10. The molecule has 146 valence electrons. The Bertz CT molecular complexity index is 873. The number of nitrogens with one attached hydrogen (secondary N) is 1. The highest BCUT2D eigenvalue weighted by molar-refractivity contribution is 7.92. The topological polar surface area (TPSA) is 66.5 Å². The zero-order chi connectivity index (χ0) is 20.0. The fourth-order valence-electron chi connectivity index (χ4n) is 2.83. The number of hydrogen-bond acceptors (Lipinski definition) is 3. The van der Waals surface area contributed by atoms with Gasteiger partial charge in [0, 0.05) is 24.3 Å². The van der Waals surface area contributed by atoms with Crippen LogP contribution in [0.5, 0.6) is 0 Å². The third-order valence-corrected chi connectivity index (χ3v) is 6.18. The zero-order valence-corrected chi connectivity index (χ0v) is 17.2. The number of rotatable bonds is 8.